The number of nitrogens with zero attached hydrogens (tertiary/aromatic N) is 1. The predicted octanol–water partition coefficient (Wildman–Crippen LogP) is 2.93. The molecular weight excluding hydrogens is 230 g/mol. The van der Waals surface area contributed by atoms with E-state index in [0.29, 0.717) is 5.25 Å². The average Bonchev–Trinajstić information content (AvgIpc) is 2.78. The number of thioether (sulfide) groups is 1. The number of benzene rings is 1. The van der Waals surface area contributed by atoms with Crippen molar-refractivity contribution in [3.8, 4) is 0 Å². The molecule has 17 heavy (non-hydrogen) atoms. The lowest BCUT2D eigenvalue weighted by Crippen LogP contribution is -2.14. The molecule has 88 valence electrons. The molecule has 0 saturated carbocycles. The molecule has 1 unspecified atom stereocenters. The first-order valence-corrected chi connectivity index (χ1v) is 6.77. The van der Waals surface area contributed by atoms with Gasteiger partial charge in [-0.2, -0.15) is 0 Å². The Bertz CT molecular complexity index is 454. The fourth-order valence-corrected chi connectivity index (χ4v) is 3.10. The monoisotopic (exact) mass is 245 g/mol. The summed E-state index contributed by atoms with van der Waals surface area (Å²) in [7, 11) is 0. The highest BCUT2D eigenvalue weighted by Gasteiger charge is 2.17. The predicted molar refractivity (Wildman–Crippen MR) is 71.5 cm³/mol. The van der Waals surface area contributed by atoms with Crippen molar-refractivity contribution in [2.24, 2.45) is 0 Å². The number of aromatic nitrogens is 2. The lowest BCUT2D eigenvalue weighted by Gasteiger charge is -2.12. The molecule has 0 radical (unpaired) electrons. The van der Waals surface area contributed by atoms with Crippen molar-refractivity contribution in [1.29, 1.82) is 0 Å². The van der Waals surface area contributed by atoms with Gasteiger partial charge in [-0.25, -0.2) is 4.98 Å². The van der Waals surface area contributed by atoms with Crippen molar-refractivity contribution in [3.05, 3.63) is 42.2 Å². The summed E-state index contributed by atoms with van der Waals surface area (Å²) in [5.41, 5.74) is 2.71. The highest BCUT2D eigenvalue weighted by Crippen LogP contribution is 2.28. The molecule has 2 heterocycles. The van der Waals surface area contributed by atoms with E-state index in [1.54, 1.807) is 6.20 Å². The summed E-state index contributed by atoms with van der Waals surface area (Å²) in [6, 6.07) is 8.57. The summed E-state index contributed by atoms with van der Waals surface area (Å²) in [4.78, 5) is 7.42. The third-order valence-corrected chi connectivity index (χ3v) is 4.21. The average molecular weight is 245 g/mol. The number of H-pyrrole nitrogens is 1. The second-order valence-electron chi connectivity index (χ2n) is 4.21. The minimum absolute atomic E-state index is 0.577. The molecule has 0 spiro atoms. The molecule has 0 bridgehead atoms. The molecule has 1 aliphatic rings. The second-order valence-corrected chi connectivity index (χ2v) is 5.50. The molecule has 4 heteroatoms. The van der Waals surface area contributed by atoms with Crippen LogP contribution in [0.2, 0.25) is 0 Å². The van der Waals surface area contributed by atoms with E-state index >= 15 is 0 Å². The fraction of sp³-hybridized carbons (Fsp3) is 0.308. The van der Waals surface area contributed by atoms with Crippen LogP contribution in [-0.2, 0) is 6.42 Å². The van der Waals surface area contributed by atoms with Crippen molar-refractivity contribution < 1.29 is 0 Å². The first-order valence-electron chi connectivity index (χ1n) is 5.89. The van der Waals surface area contributed by atoms with E-state index in [2.05, 4.69) is 39.6 Å². The van der Waals surface area contributed by atoms with Crippen molar-refractivity contribution in [1.82, 2.24) is 9.97 Å². The van der Waals surface area contributed by atoms with Gasteiger partial charge in [-0.15, -0.1) is 0 Å². The van der Waals surface area contributed by atoms with E-state index in [4.69, 9.17) is 0 Å². The summed E-state index contributed by atoms with van der Waals surface area (Å²) in [6.45, 7) is 1.00. The maximum absolute atomic E-state index is 4.27. The van der Waals surface area contributed by atoms with Crippen LogP contribution < -0.4 is 5.32 Å². The van der Waals surface area contributed by atoms with Crippen LogP contribution in [0.4, 0.5) is 5.69 Å². The van der Waals surface area contributed by atoms with Gasteiger partial charge in [-0.3, -0.25) is 0 Å². The molecule has 1 aliphatic heterocycles. The molecule has 2 N–H and O–H groups in total. The standard InChI is InChI=1S/C13H15N3S/c1-2-4-12-10(3-1)5-6-11(9-16-12)17-13-14-7-8-15-13/h1-4,7-8,11,16H,5-6,9H2,(H,14,15). The number of hydrogen-bond acceptors (Lipinski definition) is 3. The topological polar surface area (TPSA) is 40.7 Å². The largest absolute Gasteiger partial charge is 0.384 e. The molecular formula is C13H15N3S. The first kappa shape index (κ1) is 10.7. The summed E-state index contributed by atoms with van der Waals surface area (Å²) in [5, 5.41) is 5.12. The lowest BCUT2D eigenvalue weighted by atomic mass is 10.1. The van der Waals surface area contributed by atoms with Gasteiger partial charge in [0.1, 0.15) is 0 Å². The molecule has 3 rings (SSSR count). The highest BCUT2D eigenvalue weighted by molar-refractivity contribution is 7.99. The number of aromatic amines is 1. The maximum Gasteiger partial charge on any atom is 0.165 e. The Morgan fingerprint density at radius 3 is 3.12 bits per heavy atom. The third kappa shape index (κ3) is 2.47. The summed E-state index contributed by atoms with van der Waals surface area (Å²) < 4.78 is 0. The van der Waals surface area contributed by atoms with Gasteiger partial charge >= 0.3 is 0 Å². The van der Waals surface area contributed by atoms with Crippen LogP contribution in [0.5, 0.6) is 0 Å². The van der Waals surface area contributed by atoms with Gasteiger partial charge in [0, 0.05) is 29.9 Å². The van der Waals surface area contributed by atoms with Crippen LogP contribution in [0, 0.1) is 0 Å². The van der Waals surface area contributed by atoms with Crippen molar-refractivity contribution >= 4 is 17.4 Å². The number of fused-ring (bicyclic) bond motifs is 1. The van der Waals surface area contributed by atoms with Gasteiger partial charge < -0.3 is 10.3 Å². The molecule has 0 fully saturated rings. The van der Waals surface area contributed by atoms with Crippen LogP contribution in [0.3, 0.4) is 0 Å². The quantitative estimate of drug-likeness (QED) is 0.854. The summed E-state index contributed by atoms with van der Waals surface area (Å²) in [5.74, 6) is 0. The molecule has 0 saturated heterocycles. The highest BCUT2D eigenvalue weighted by atomic mass is 32.2. The van der Waals surface area contributed by atoms with Gasteiger partial charge in [-0.1, -0.05) is 30.0 Å². The van der Waals surface area contributed by atoms with Crippen LogP contribution in [0.15, 0.2) is 41.8 Å². The molecule has 1 aromatic heterocycles. The Kier molecular flexibility index (Phi) is 3.05. The van der Waals surface area contributed by atoms with Crippen molar-refractivity contribution in [3.63, 3.8) is 0 Å². The minimum Gasteiger partial charge on any atom is -0.384 e. The number of nitrogens with one attached hydrogen (secondary N) is 2. The smallest absolute Gasteiger partial charge is 0.165 e. The van der Waals surface area contributed by atoms with E-state index in [1.165, 1.54) is 17.7 Å². The van der Waals surface area contributed by atoms with Crippen molar-refractivity contribution in [2.45, 2.75) is 23.2 Å². The van der Waals surface area contributed by atoms with E-state index in [0.717, 1.165) is 18.1 Å². The summed E-state index contributed by atoms with van der Waals surface area (Å²) >= 11 is 1.83. The van der Waals surface area contributed by atoms with Crippen LogP contribution in [-0.4, -0.2) is 21.8 Å². The van der Waals surface area contributed by atoms with Crippen LogP contribution in [0.1, 0.15) is 12.0 Å². The number of anilines is 1. The maximum atomic E-state index is 4.27. The molecule has 3 nitrogen and oxygen atoms in total. The van der Waals surface area contributed by atoms with Gasteiger partial charge in [0.05, 0.1) is 0 Å². The minimum atomic E-state index is 0.577. The van der Waals surface area contributed by atoms with E-state index in [-0.39, 0.29) is 0 Å². The third-order valence-electron chi connectivity index (χ3n) is 3.02. The number of hydrogen-bond donors (Lipinski definition) is 2. The van der Waals surface area contributed by atoms with Gasteiger partial charge in [0.25, 0.3) is 0 Å². The molecule has 0 aliphatic carbocycles. The zero-order chi connectivity index (χ0) is 11.5. The van der Waals surface area contributed by atoms with Gasteiger partial charge in [0.2, 0.25) is 0 Å². The zero-order valence-corrected chi connectivity index (χ0v) is 10.3. The molecule has 2 aromatic rings. The summed E-state index contributed by atoms with van der Waals surface area (Å²) in [6.07, 6.45) is 6.01. The first-order chi connectivity index (χ1) is 8.42. The molecule has 1 aromatic carbocycles. The number of imidazole rings is 1. The van der Waals surface area contributed by atoms with Crippen LogP contribution in [0.25, 0.3) is 0 Å². The molecule has 1 atom stereocenters. The molecule has 0 amide bonds. The fourth-order valence-electron chi connectivity index (χ4n) is 2.13. The van der Waals surface area contributed by atoms with Gasteiger partial charge in [-0.05, 0) is 24.5 Å². The lowest BCUT2D eigenvalue weighted by molar-refractivity contribution is 0.799. The Morgan fingerprint density at radius 2 is 2.24 bits per heavy atom. The number of para-hydroxylation sites is 1. The Labute approximate surface area is 105 Å². The Hall–Kier alpha value is -1.42. The van der Waals surface area contributed by atoms with Crippen molar-refractivity contribution in [2.75, 3.05) is 11.9 Å². The van der Waals surface area contributed by atoms with Crippen LogP contribution >= 0.6 is 11.8 Å². The van der Waals surface area contributed by atoms with E-state index in [9.17, 15) is 0 Å². The van der Waals surface area contributed by atoms with E-state index < -0.39 is 0 Å². The normalized spacial score (nSPS) is 19.2. The number of aryl methyl sites for hydroxylation is 1. The Balaban J connectivity index is 1.69. The second kappa shape index (κ2) is 4.84. The van der Waals surface area contributed by atoms with Gasteiger partial charge in [0.15, 0.2) is 5.16 Å². The number of rotatable bonds is 2. The SMILES string of the molecule is c1ccc2c(c1)CCC(Sc1ncc[nH]1)CN2. The van der Waals surface area contributed by atoms with E-state index in [1.807, 2.05) is 18.0 Å². The Morgan fingerprint density at radius 1 is 1.29 bits per heavy atom. The zero-order valence-electron chi connectivity index (χ0n) is 9.52.